The minimum atomic E-state index is -0.119. The first kappa shape index (κ1) is 16.1. The van der Waals surface area contributed by atoms with Gasteiger partial charge in [-0.3, -0.25) is 9.20 Å². The first-order chi connectivity index (χ1) is 12.7. The highest BCUT2D eigenvalue weighted by molar-refractivity contribution is 5.94. The molecule has 0 atom stereocenters. The molecule has 0 saturated carbocycles. The van der Waals surface area contributed by atoms with Gasteiger partial charge in [0, 0.05) is 12.7 Å². The van der Waals surface area contributed by atoms with Gasteiger partial charge in [-0.15, -0.1) is 0 Å². The molecule has 26 heavy (non-hydrogen) atoms. The molecule has 4 heteroatoms. The number of hydrogen-bond donors (Lipinski definition) is 1. The zero-order valence-electron chi connectivity index (χ0n) is 14.5. The Balaban J connectivity index is 1.63. The van der Waals surface area contributed by atoms with Crippen LogP contribution in [0.4, 0.5) is 0 Å². The number of pyridine rings is 1. The fraction of sp³-hybridized carbons (Fsp3) is 0.0909. The van der Waals surface area contributed by atoms with Crippen molar-refractivity contribution in [1.82, 2.24) is 14.7 Å². The van der Waals surface area contributed by atoms with Crippen LogP contribution in [0.3, 0.4) is 0 Å². The third kappa shape index (κ3) is 3.09. The zero-order valence-corrected chi connectivity index (χ0v) is 14.5. The van der Waals surface area contributed by atoms with Crippen LogP contribution in [0.2, 0.25) is 0 Å². The van der Waals surface area contributed by atoms with Gasteiger partial charge in [-0.25, -0.2) is 4.98 Å². The van der Waals surface area contributed by atoms with Gasteiger partial charge in [0.1, 0.15) is 11.3 Å². The second-order valence-corrected chi connectivity index (χ2v) is 6.22. The van der Waals surface area contributed by atoms with Crippen molar-refractivity contribution in [2.45, 2.75) is 13.5 Å². The van der Waals surface area contributed by atoms with Crippen LogP contribution in [0.5, 0.6) is 0 Å². The highest BCUT2D eigenvalue weighted by atomic mass is 16.1. The molecule has 0 saturated heterocycles. The Labute approximate surface area is 152 Å². The van der Waals surface area contributed by atoms with Gasteiger partial charge in [0.25, 0.3) is 5.91 Å². The smallest absolute Gasteiger partial charge is 0.270 e. The normalized spacial score (nSPS) is 10.8. The Hall–Kier alpha value is -3.40. The van der Waals surface area contributed by atoms with E-state index in [1.54, 1.807) is 0 Å². The minimum absolute atomic E-state index is 0.119. The van der Waals surface area contributed by atoms with Gasteiger partial charge < -0.3 is 5.32 Å². The number of nitrogens with one attached hydrogen (secondary N) is 1. The molecule has 0 aliphatic carbocycles. The van der Waals surface area contributed by atoms with Gasteiger partial charge in [-0.05, 0) is 35.7 Å². The monoisotopic (exact) mass is 341 g/mol. The van der Waals surface area contributed by atoms with E-state index in [1.807, 2.05) is 78.2 Å². The molecule has 0 radical (unpaired) electrons. The summed E-state index contributed by atoms with van der Waals surface area (Å²) in [5, 5.41) is 2.98. The van der Waals surface area contributed by atoms with E-state index in [2.05, 4.69) is 22.4 Å². The lowest BCUT2D eigenvalue weighted by Crippen LogP contribution is -2.24. The summed E-state index contributed by atoms with van der Waals surface area (Å²) in [6, 6.07) is 24.1. The Morgan fingerprint density at radius 2 is 1.65 bits per heavy atom. The van der Waals surface area contributed by atoms with Crippen molar-refractivity contribution in [3.63, 3.8) is 0 Å². The molecule has 4 nitrogen and oxygen atoms in total. The first-order valence-corrected chi connectivity index (χ1v) is 8.58. The Bertz CT molecular complexity index is 1050. The lowest BCUT2D eigenvalue weighted by molar-refractivity contribution is 0.0944. The standard InChI is InChI=1S/C22H19N3O/c1-16-21(22(26)23-15-17-8-4-2-5-9-17)25-13-12-19(14-20(25)24-16)18-10-6-3-7-11-18/h2-14H,15H2,1H3,(H,23,26). The molecule has 128 valence electrons. The number of fused-ring (bicyclic) bond motifs is 1. The van der Waals surface area contributed by atoms with Crippen LogP contribution >= 0.6 is 0 Å². The second kappa shape index (κ2) is 6.84. The van der Waals surface area contributed by atoms with Gasteiger partial charge in [0.15, 0.2) is 0 Å². The molecule has 0 bridgehead atoms. The Morgan fingerprint density at radius 3 is 2.38 bits per heavy atom. The van der Waals surface area contributed by atoms with E-state index < -0.39 is 0 Å². The molecule has 4 aromatic rings. The van der Waals surface area contributed by atoms with Crippen LogP contribution in [-0.4, -0.2) is 15.3 Å². The fourth-order valence-corrected chi connectivity index (χ4v) is 3.11. The minimum Gasteiger partial charge on any atom is -0.347 e. The molecule has 2 aromatic carbocycles. The maximum absolute atomic E-state index is 12.7. The first-order valence-electron chi connectivity index (χ1n) is 8.58. The number of benzene rings is 2. The average molecular weight is 341 g/mol. The number of amides is 1. The van der Waals surface area contributed by atoms with Gasteiger partial charge in [-0.2, -0.15) is 0 Å². The summed E-state index contributed by atoms with van der Waals surface area (Å²) in [5.74, 6) is -0.119. The van der Waals surface area contributed by atoms with Crippen LogP contribution in [0, 0.1) is 6.92 Å². The maximum atomic E-state index is 12.7. The number of hydrogen-bond acceptors (Lipinski definition) is 2. The van der Waals surface area contributed by atoms with Gasteiger partial charge >= 0.3 is 0 Å². The van der Waals surface area contributed by atoms with Gasteiger partial charge in [0.2, 0.25) is 0 Å². The lowest BCUT2D eigenvalue weighted by Gasteiger charge is -2.07. The molecule has 2 aromatic heterocycles. The van der Waals surface area contributed by atoms with Crippen molar-refractivity contribution >= 4 is 11.6 Å². The molecule has 1 amide bonds. The number of aromatic nitrogens is 2. The summed E-state index contributed by atoms with van der Waals surface area (Å²) in [5.41, 5.74) is 5.36. The van der Waals surface area contributed by atoms with Crippen LogP contribution in [0.25, 0.3) is 16.8 Å². The van der Waals surface area contributed by atoms with Crippen LogP contribution in [0.1, 0.15) is 21.7 Å². The number of nitrogens with zero attached hydrogens (tertiary/aromatic N) is 2. The summed E-state index contributed by atoms with van der Waals surface area (Å²) in [4.78, 5) is 17.3. The third-order valence-corrected chi connectivity index (χ3v) is 4.42. The molecule has 1 N–H and O–H groups in total. The molecule has 0 fully saturated rings. The van der Waals surface area contributed by atoms with E-state index in [9.17, 15) is 4.79 Å². The SMILES string of the molecule is Cc1nc2cc(-c3ccccc3)ccn2c1C(=O)NCc1ccccc1. The van der Waals surface area contributed by atoms with Gasteiger partial charge in [-0.1, -0.05) is 60.7 Å². The van der Waals surface area contributed by atoms with E-state index in [4.69, 9.17) is 0 Å². The summed E-state index contributed by atoms with van der Waals surface area (Å²) >= 11 is 0. The zero-order chi connectivity index (χ0) is 17.9. The lowest BCUT2D eigenvalue weighted by atomic mass is 10.1. The van der Waals surface area contributed by atoms with Crippen molar-refractivity contribution in [2.24, 2.45) is 0 Å². The summed E-state index contributed by atoms with van der Waals surface area (Å²) in [6.07, 6.45) is 1.91. The summed E-state index contributed by atoms with van der Waals surface area (Å²) in [6.45, 7) is 2.36. The van der Waals surface area contributed by atoms with Crippen molar-refractivity contribution in [1.29, 1.82) is 0 Å². The maximum Gasteiger partial charge on any atom is 0.270 e. The molecule has 2 heterocycles. The molecule has 0 spiro atoms. The molecule has 0 aliphatic rings. The predicted octanol–water partition coefficient (Wildman–Crippen LogP) is 4.24. The third-order valence-electron chi connectivity index (χ3n) is 4.42. The van der Waals surface area contributed by atoms with Crippen molar-refractivity contribution < 1.29 is 4.79 Å². The van der Waals surface area contributed by atoms with E-state index in [1.165, 1.54) is 0 Å². The molecule has 4 rings (SSSR count). The van der Waals surface area contributed by atoms with Crippen molar-refractivity contribution in [2.75, 3.05) is 0 Å². The number of carbonyl (C=O) groups is 1. The van der Waals surface area contributed by atoms with Crippen molar-refractivity contribution in [3.8, 4) is 11.1 Å². The van der Waals surface area contributed by atoms with Crippen molar-refractivity contribution in [3.05, 3.63) is 95.9 Å². The Kier molecular flexibility index (Phi) is 4.23. The molecule has 0 unspecified atom stereocenters. The van der Waals surface area contributed by atoms with E-state index >= 15 is 0 Å². The average Bonchev–Trinajstić information content (AvgIpc) is 3.02. The summed E-state index contributed by atoms with van der Waals surface area (Å²) < 4.78 is 1.85. The van der Waals surface area contributed by atoms with Crippen LogP contribution < -0.4 is 5.32 Å². The number of aryl methyl sites for hydroxylation is 1. The number of imidazole rings is 1. The second-order valence-electron chi connectivity index (χ2n) is 6.22. The Morgan fingerprint density at radius 1 is 0.962 bits per heavy atom. The fourth-order valence-electron chi connectivity index (χ4n) is 3.11. The highest BCUT2D eigenvalue weighted by Crippen LogP contribution is 2.22. The number of carbonyl (C=O) groups excluding carboxylic acids is 1. The van der Waals surface area contributed by atoms with Gasteiger partial charge in [0.05, 0.1) is 5.69 Å². The largest absolute Gasteiger partial charge is 0.347 e. The summed E-state index contributed by atoms with van der Waals surface area (Å²) in [7, 11) is 0. The van der Waals surface area contributed by atoms with Crippen LogP contribution in [-0.2, 0) is 6.54 Å². The topological polar surface area (TPSA) is 46.4 Å². The van der Waals surface area contributed by atoms with E-state index in [0.717, 1.165) is 28.0 Å². The molecule has 0 aliphatic heterocycles. The number of rotatable bonds is 4. The molecular formula is C22H19N3O. The molecular weight excluding hydrogens is 322 g/mol. The highest BCUT2D eigenvalue weighted by Gasteiger charge is 2.16. The quantitative estimate of drug-likeness (QED) is 0.603. The predicted molar refractivity (Wildman–Crippen MR) is 103 cm³/mol. The van der Waals surface area contributed by atoms with E-state index in [0.29, 0.717) is 12.2 Å². The van der Waals surface area contributed by atoms with E-state index in [-0.39, 0.29) is 5.91 Å². The van der Waals surface area contributed by atoms with Crippen LogP contribution in [0.15, 0.2) is 79.0 Å².